The highest BCUT2D eigenvalue weighted by Gasteiger charge is 2.45. The van der Waals surface area contributed by atoms with Crippen molar-refractivity contribution in [2.75, 3.05) is 0 Å². The number of hydrogen-bond donors (Lipinski definition) is 1. The topological polar surface area (TPSA) is 64.0 Å². The first-order chi connectivity index (χ1) is 11.9. The highest BCUT2D eigenvalue weighted by Crippen LogP contribution is 2.37. The number of nitrogens with one attached hydrogen (secondary N) is 1. The van der Waals surface area contributed by atoms with Crippen LogP contribution in [0.1, 0.15) is 25.7 Å². The van der Waals surface area contributed by atoms with Gasteiger partial charge in [0.05, 0.1) is 17.5 Å². The Labute approximate surface area is 141 Å². The molecule has 0 aliphatic heterocycles. The van der Waals surface area contributed by atoms with Crippen molar-refractivity contribution in [1.29, 1.82) is 0 Å². The van der Waals surface area contributed by atoms with E-state index in [2.05, 4.69) is 10.4 Å². The van der Waals surface area contributed by atoms with Gasteiger partial charge in [-0.3, -0.25) is 9.59 Å². The summed E-state index contributed by atoms with van der Waals surface area (Å²) in [6, 6.07) is 5.86. The quantitative estimate of drug-likeness (QED) is 0.923. The molecular formula is C17H18F3N3O2. The van der Waals surface area contributed by atoms with Crippen LogP contribution in [0.4, 0.5) is 13.2 Å². The number of amides is 1. The molecule has 1 aromatic carbocycles. The molecule has 8 heteroatoms. The van der Waals surface area contributed by atoms with Gasteiger partial charge in [-0.15, -0.1) is 0 Å². The summed E-state index contributed by atoms with van der Waals surface area (Å²) in [5, 5.41) is 7.43. The second-order valence-corrected chi connectivity index (χ2v) is 6.30. The molecule has 2 aromatic rings. The van der Waals surface area contributed by atoms with E-state index in [0.29, 0.717) is 23.6 Å². The van der Waals surface area contributed by atoms with Crippen LogP contribution in [0.2, 0.25) is 0 Å². The fourth-order valence-corrected chi connectivity index (χ4v) is 3.32. The first kappa shape index (κ1) is 17.4. The number of fused-ring (bicyclic) bond motifs is 1. The Morgan fingerprint density at radius 1 is 1.24 bits per heavy atom. The Kier molecular flexibility index (Phi) is 4.78. The highest BCUT2D eigenvalue weighted by atomic mass is 19.4. The van der Waals surface area contributed by atoms with Gasteiger partial charge in [0.2, 0.25) is 5.91 Å². The number of halogens is 3. The number of alkyl halides is 3. The van der Waals surface area contributed by atoms with Crippen molar-refractivity contribution in [1.82, 2.24) is 15.1 Å². The second kappa shape index (κ2) is 6.85. The lowest BCUT2D eigenvalue weighted by atomic mass is 9.84. The summed E-state index contributed by atoms with van der Waals surface area (Å²) >= 11 is 0. The third-order valence-electron chi connectivity index (χ3n) is 4.59. The van der Waals surface area contributed by atoms with Crippen molar-refractivity contribution < 1.29 is 18.0 Å². The lowest BCUT2D eigenvalue weighted by Gasteiger charge is -2.33. The van der Waals surface area contributed by atoms with Gasteiger partial charge in [0.1, 0.15) is 6.54 Å². The van der Waals surface area contributed by atoms with Crippen LogP contribution in [0.15, 0.2) is 35.3 Å². The monoisotopic (exact) mass is 353 g/mol. The predicted molar refractivity (Wildman–Crippen MR) is 85.9 cm³/mol. The van der Waals surface area contributed by atoms with Crippen LogP contribution in [-0.2, 0) is 11.3 Å². The van der Waals surface area contributed by atoms with Crippen LogP contribution in [0.3, 0.4) is 0 Å². The summed E-state index contributed by atoms with van der Waals surface area (Å²) in [5.74, 6) is -2.17. The Morgan fingerprint density at radius 3 is 2.72 bits per heavy atom. The van der Waals surface area contributed by atoms with E-state index in [-0.39, 0.29) is 12.8 Å². The summed E-state index contributed by atoms with van der Waals surface area (Å²) in [7, 11) is 0. The maximum absolute atomic E-state index is 13.1. The number of nitrogens with zero attached hydrogens (tertiary/aromatic N) is 2. The van der Waals surface area contributed by atoms with E-state index in [1.54, 1.807) is 24.3 Å². The molecule has 0 saturated heterocycles. The van der Waals surface area contributed by atoms with Gasteiger partial charge < -0.3 is 5.32 Å². The minimum Gasteiger partial charge on any atom is -0.351 e. The standard InChI is InChI=1S/C17H18F3N3O2/c18-17(19,20)13-7-3-4-8-14(13)22-15(24)10-23-16(25)12-6-2-1-5-11(12)9-21-23/h1-2,5-6,9,13-14H,3-4,7-8,10H2,(H,22,24)/t13-,14-/m1/s1. The molecule has 3 rings (SSSR count). The predicted octanol–water partition coefficient (Wildman–Crippen LogP) is 2.63. The Morgan fingerprint density at radius 2 is 1.96 bits per heavy atom. The van der Waals surface area contributed by atoms with Gasteiger partial charge in [0.25, 0.3) is 5.56 Å². The maximum Gasteiger partial charge on any atom is 0.393 e. The van der Waals surface area contributed by atoms with E-state index in [9.17, 15) is 22.8 Å². The van der Waals surface area contributed by atoms with Crippen LogP contribution in [0.25, 0.3) is 10.8 Å². The van der Waals surface area contributed by atoms with Crippen LogP contribution < -0.4 is 10.9 Å². The molecular weight excluding hydrogens is 335 g/mol. The molecule has 1 N–H and O–H groups in total. The van der Waals surface area contributed by atoms with Crippen molar-refractivity contribution in [2.24, 2.45) is 5.92 Å². The number of benzene rings is 1. The molecule has 1 fully saturated rings. The lowest BCUT2D eigenvalue weighted by Crippen LogP contribution is -2.49. The molecule has 2 atom stereocenters. The van der Waals surface area contributed by atoms with Gasteiger partial charge in [0.15, 0.2) is 0 Å². The molecule has 0 bridgehead atoms. The SMILES string of the molecule is O=C(Cn1ncc2ccccc2c1=O)N[C@@H]1CCCC[C@H]1C(F)(F)F. The van der Waals surface area contributed by atoms with Gasteiger partial charge in [0, 0.05) is 11.4 Å². The van der Waals surface area contributed by atoms with Gasteiger partial charge in [-0.2, -0.15) is 18.3 Å². The van der Waals surface area contributed by atoms with Crippen molar-refractivity contribution >= 4 is 16.7 Å². The molecule has 1 saturated carbocycles. The summed E-state index contributed by atoms with van der Waals surface area (Å²) in [4.78, 5) is 24.5. The third kappa shape index (κ3) is 3.83. The van der Waals surface area contributed by atoms with Crippen molar-refractivity contribution in [3.05, 3.63) is 40.8 Å². The van der Waals surface area contributed by atoms with Crippen LogP contribution in [0.5, 0.6) is 0 Å². The zero-order valence-electron chi connectivity index (χ0n) is 13.4. The minimum atomic E-state index is -4.34. The van der Waals surface area contributed by atoms with E-state index in [1.165, 1.54) is 6.20 Å². The lowest BCUT2D eigenvalue weighted by molar-refractivity contribution is -0.189. The van der Waals surface area contributed by atoms with Crippen LogP contribution in [0, 0.1) is 5.92 Å². The molecule has 25 heavy (non-hydrogen) atoms. The molecule has 134 valence electrons. The van der Waals surface area contributed by atoms with E-state index < -0.39 is 36.1 Å². The van der Waals surface area contributed by atoms with E-state index in [0.717, 1.165) is 4.68 Å². The fraction of sp³-hybridized carbons (Fsp3) is 0.471. The first-order valence-electron chi connectivity index (χ1n) is 8.17. The maximum atomic E-state index is 13.1. The van der Waals surface area contributed by atoms with E-state index >= 15 is 0 Å². The van der Waals surface area contributed by atoms with Crippen LogP contribution in [-0.4, -0.2) is 27.9 Å². The second-order valence-electron chi connectivity index (χ2n) is 6.30. The Bertz CT molecular complexity index is 832. The number of carbonyl (C=O) groups excluding carboxylic acids is 1. The third-order valence-corrected chi connectivity index (χ3v) is 4.59. The van der Waals surface area contributed by atoms with Gasteiger partial charge in [-0.25, -0.2) is 4.68 Å². The van der Waals surface area contributed by atoms with Gasteiger partial charge >= 0.3 is 6.18 Å². The molecule has 0 spiro atoms. The first-order valence-corrected chi connectivity index (χ1v) is 8.17. The van der Waals surface area contributed by atoms with Crippen molar-refractivity contribution in [3.63, 3.8) is 0 Å². The van der Waals surface area contributed by atoms with E-state index in [1.807, 2.05) is 0 Å². The molecule has 1 amide bonds. The summed E-state index contributed by atoms with van der Waals surface area (Å²) < 4.78 is 40.2. The van der Waals surface area contributed by atoms with Crippen molar-refractivity contribution in [2.45, 2.75) is 44.4 Å². The summed E-state index contributed by atoms with van der Waals surface area (Å²) in [5.41, 5.74) is -0.440. The number of rotatable bonds is 3. The zero-order chi connectivity index (χ0) is 18.0. The number of carbonyl (C=O) groups is 1. The van der Waals surface area contributed by atoms with E-state index in [4.69, 9.17) is 0 Å². The molecule has 1 aliphatic rings. The average molecular weight is 353 g/mol. The molecule has 1 heterocycles. The molecule has 1 aliphatic carbocycles. The van der Waals surface area contributed by atoms with Crippen LogP contribution >= 0.6 is 0 Å². The van der Waals surface area contributed by atoms with Gasteiger partial charge in [-0.1, -0.05) is 31.0 Å². The average Bonchev–Trinajstić information content (AvgIpc) is 2.57. The normalized spacial score (nSPS) is 21.2. The summed E-state index contributed by atoms with van der Waals surface area (Å²) in [6.45, 7) is -0.398. The van der Waals surface area contributed by atoms with Gasteiger partial charge in [-0.05, 0) is 18.9 Å². The summed E-state index contributed by atoms with van der Waals surface area (Å²) in [6.07, 6.45) is -1.42. The van der Waals surface area contributed by atoms with Crippen molar-refractivity contribution in [3.8, 4) is 0 Å². The molecule has 0 unspecified atom stereocenters. The Balaban J connectivity index is 1.74. The smallest absolute Gasteiger partial charge is 0.351 e. The fourth-order valence-electron chi connectivity index (χ4n) is 3.32. The Hall–Kier alpha value is -2.38. The molecule has 5 nitrogen and oxygen atoms in total. The zero-order valence-corrected chi connectivity index (χ0v) is 13.4. The number of aromatic nitrogens is 2. The molecule has 0 radical (unpaired) electrons. The minimum absolute atomic E-state index is 0.0165. The largest absolute Gasteiger partial charge is 0.393 e. The highest BCUT2D eigenvalue weighted by molar-refractivity contribution is 5.81. The number of hydrogen-bond acceptors (Lipinski definition) is 3. The molecule has 1 aromatic heterocycles.